The van der Waals surface area contributed by atoms with E-state index in [1.807, 2.05) is 19.2 Å². The first-order valence-corrected chi connectivity index (χ1v) is 10.9. The lowest BCUT2D eigenvalue weighted by atomic mass is 10.0. The summed E-state index contributed by atoms with van der Waals surface area (Å²) in [6.07, 6.45) is 3.87. The van der Waals surface area contributed by atoms with Crippen LogP contribution < -0.4 is 16.0 Å². The van der Waals surface area contributed by atoms with E-state index in [-0.39, 0.29) is 0 Å². The van der Waals surface area contributed by atoms with Gasteiger partial charge in [-0.1, -0.05) is 37.6 Å². The number of nitrogens with zero attached hydrogens (tertiary/aromatic N) is 2. The fourth-order valence-corrected chi connectivity index (χ4v) is 4.67. The second-order valence-corrected chi connectivity index (χ2v) is 8.24. The summed E-state index contributed by atoms with van der Waals surface area (Å²) in [5.74, 6) is 0.869. The van der Waals surface area contributed by atoms with Crippen LogP contribution in [-0.2, 0) is 0 Å². The molecule has 0 unspecified atom stereocenters. The summed E-state index contributed by atoms with van der Waals surface area (Å²) in [6.45, 7) is 3.06. The molecule has 3 N–H and O–H groups in total. The minimum Gasteiger partial charge on any atom is -0.372 e. The van der Waals surface area contributed by atoms with Crippen LogP contribution in [0.2, 0.25) is 0 Å². The smallest absolute Gasteiger partial charge is 0.170 e. The number of anilines is 2. The summed E-state index contributed by atoms with van der Waals surface area (Å²) in [5.41, 5.74) is 4.29. The first-order valence-electron chi connectivity index (χ1n) is 9.70. The fraction of sp³-hybridized carbons (Fsp3) is 0.227. The van der Waals surface area contributed by atoms with Gasteiger partial charge in [0, 0.05) is 29.4 Å². The molecule has 5 nitrogen and oxygen atoms in total. The molecule has 0 saturated carbocycles. The molecule has 2 aromatic heterocycles. The lowest BCUT2D eigenvalue weighted by Crippen LogP contribution is -2.29. The number of benzene rings is 2. The van der Waals surface area contributed by atoms with Gasteiger partial charge in [-0.15, -0.1) is 11.3 Å². The Labute approximate surface area is 179 Å². The molecule has 0 aliphatic rings. The van der Waals surface area contributed by atoms with Crippen LogP contribution in [0.4, 0.5) is 11.5 Å². The Morgan fingerprint density at radius 2 is 1.97 bits per heavy atom. The maximum atomic E-state index is 5.39. The molecule has 0 aliphatic heterocycles. The van der Waals surface area contributed by atoms with Gasteiger partial charge in [-0.3, -0.25) is 0 Å². The van der Waals surface area contributed by atoms with Gasteiger partial charge >= 0.3 is 0 Å². The lowest BCUT2D eigenvalue weighted by molar-refractivity contribution is 0.758. The molecule has 0 fully saturated rings. The molecule has 148 valence electrons. The van der Waals surface area contributed by atoms with Gasteiger partial charge in [-0.2, -0.15) is 0 Å². The lowest BCUT2D eigenvalue weighted by Gasteiger charge is -2.11. The zero-order valence-corrected chi connectivity index (χ0v) is 18.1. The van der Waals surface area contributed by atoms with Crippen LogP contribution in [0, 0.1) is 0 Å². The van der Waals surface area contributed by atoms with E-state index in [1.54, 1.807) is 17.7 Å². The van der Waals surface area contributed by atoms with E-state index >= 15 is 0 Å². The van der Waals surface area contributed by atoms with Gasteiger partial charge in [-0.05, 0) is 48.0 Å². The highest BCUT2D eigenvalue weighted by molar-refractivity contribution is 7.80. The van der Waals surface area contributed by atoms with Crippen molar-refractivity contribution in [2.24, 2.45) is 0 Å². The van der Waals surface area contributed by atoms with Gasteiger partial charge in [0.1, 0.15) is 12.1 Å². The number of hydrogen-bond acceptors (Lipinski definition) is 5. The summed E-state index contributed by atoms with van der Waals surface area (Å²) >= 11 is 7.11. The highest BCUT2D eigenvalue weighted by atomic mass is 32.1. The standard InChI is InChI=1S/C22H23N5S2/c1-3-4-10-24-22(28)27-16-7-5-6-14(11-16)15-8-9-17-18(12-15)29-20-19(17)25-13-26-21(20)23-2/h5-9,11-13H,3-4,10H2,1-2H3,(H,23,25,26)(H2,24,27,28). The molecule has 2 heterocycles. The number of rotatable bonds is 6. The molecule has 0 bridgehead atoms. The minimum atomic E-state index is 0.661. The highest BCUT2D eigenvalue weighted by Gasteiger charge is 2.11. The normalized spacial score (nSPS) is 11.0. The summed E-state index contributed by atoms with van der Waals surface area (Å²) in [4.78, 5) is 8.81. The Hall–Kier alpha value is -2.77. The van der Waals surface area contributed by atoms with E-state index in [0.29, 0.717) is 5.11 Å². The van der Waals surface area contributed by atoms with E-state index < -0.39 is 0 Å². The van der Waals surface area contributed by atoms with Crippen molar-refractivity contribution < 1.29 is 0 Å². The zero-order valence-electron chi connectivity index (χ0n) is 16.5. The minimum absolute atomic E-state index is 0.661. The topological polar surface area (TPSA) is 61.9 Å². The van der Waals surface area contributed by atoms with Crippen LogP contribution in [0.5, 0.6) is 0 Å². The molecule has 7 heteroatoms. The third kappa shape index (κ3) is 4.16. The molecule has 4 aromatic rings. The SMILES string of the molecule is CCCCNC(=S)Nc1cccc(-c2ccc3c(c2)sc2c(NC)ncnc23)c1. The molecule has 29 heavy (non-hydrogen) atoms. The van der Waals surface area contributed by atoms with Crippen molar-refractivity contribution in [2.45, 2.75) is 19.8 Å². The molecular weight excluding hydrogens is 398 g/mol. The van der Waals surface area contributed by atoms with E-state index in [4.69, 9.17) is 12.2 Å². The monoisotopic (exact) mass is 421 g/mol. The molecule has 0 aliphatic carbocycles. The summed E-state index contributed by atoms with van der Waals surface area (Å²) in [7, 11) is 1.89. The van der Waals surface area contributed by atoms with Crippen molar-refractivity contribution in [1.82, 2.24) is 15.3 Å². The summed E-state index contributed by atoms with van der Waals surface area (Å²) < 4.78 is 2.28. The summed E-state index contributed by atoms with van der Waals surface area (Å²) in [6, 6.07) is 14.8. The molecule has 0 atom stereocenters. The van der Waals surface area contributed by atoms with Crippen LogP contribution in [0.1, 0.15) is 19.8 Å². The maximum Gasteiger partial charge on any atom is 0.170 e. The predicted octanol–water partition coefficient (Wildman–Crippen LogP) is 5.64. The largest absolute Gasteiger partial charge is 0.372 e. The Kier molecular flexibility index (Phi) is 5.87. The third-order valence-electron chi connectivity index (χ3n) is 4.76. The quantitative estimate of drug-likeness (QED) is 0.277. The number of thiocarbonyl (C=S) groups is 1. The number of aromatic nitrogens is 2. The number of thiophene rings is 1. The van der Waals surface area contributed by atoms with Crippen molar-refractivity contribution in [3.63, 3.8) is 0 Å². The molecule has 0 radical (unpaired) electrons. The number of hydrogen-bond donors (Lipinski definition) is 3. The van der Waals surface area contributed by atoms with E-state index in [2.05, 4.69) is 63.2 Å². The molecule has 2 aromatic carbocycles. The second kappa shape index (κ2) is 8.71. The average molecular weight is 422 g/mol. The molecule has 4 rings (SSSR count). The Morgan fingerprint density at radius 1 is 1.10 bits per heavy atom. The maximum absolute atomic E-state index is 5.39. The van der Waals surface area contributed by atoms with Crippen molar-refractivity contribution in [2.75, 3.05) is 24.2 Å². The Balaban J connectivity index is 1.63. The molecule has 0 spiro atoms. The number of unbranched alkanes of at least 4 members (excludes halogenated alkanes) is 1. The van der Waals surface area contributed by atoms with Gasteiger partial charge in [0.05, 0.1) is 10.2 Å². The zero-order chi connectivity index (χ0) is 20.2. The third-order valence-corrected chi connectivity index (χ3v) is 6.15. The van der Waals surface area contributed by atoms with Gasteiger partial charge in [-0.25, -0.2) is 9.97 Å². The van der Waals surface area contributed by atoms with Crippen molar-refractivity contribution in [3.05, 3.63) is 48.8 Å². The van der Waals surface area contributed by atoms with Crippen LogP contribution in [0.3, 0.4) is 0 Å². The van der Waals surface area contributed by atoms with E-state index in [9.17, 15) is 0 Å². The van der Waals surface area contributed by atoms with Crippen LogP contribution in [0.15, 0.2) is 48.8 Å². The Bertz CT molecular complexity index is 1170. The molecule has 0 saturated heterocycles. The van der Waals surface area contributed by atoms with Crippen molar-refractivity contribution in [3.8, 4) is 11.1 Å². The molecular formula is C22H23N5S2. The number of nitrogens with one attached hydrogen (secondary N) is 3. The average Bonchev–Trinajstić information content (AvgIpc) is 3.12. The Morgan fingerprint density at radius 3 is 2.79 bits per heavy atom. The summed E-state index contributed by atoms with van der Waals surface area (Å²) in [5, 5.41) is 11.5. The van der Waals surface area contributed by atoms with Gasteiger partial charge < -0.3 is 16.0 Å². The van der Waals surface area contributed by atoms with E-state index in [0.717, 1.165) is 57.6 Å². The van der Waals surface area contributed by atoms with Crippen molar-refractivity contribution in [1.29, 1.82) is 0 Å². The van der Waals surface area contributed by atoms with Gasteiger partial charge in [0.2, 0.25) is 0 Å². The van der Waals surface area contributed by atoms with Crippen LogP contribution in [0.25, 0.3) is 31.4 Å². The van der Waals surface area contributed by atoms with Crippen molar-refractivity contribution >= 4 is 60.5 Å². The molecule has 0 amide bonds. The first kappa shape index (κ1) is 19.5. The van der Waals surface area contributed by atoms with Crippen LogP contribution >= 0.6 is 23.6 Å². The first-order chi connectivity index (χ1) is 14.2. The van der Waals surface area contributed by atoms with E-state index in [1.165, 1.54) is 4.70 Å². The van der Waals surface area contributed by atoms with Gasteiger partial charge in [0.25, 0.3) is 0 Å². The predicted molar refractivity (Wildman–Crippen MR) is 129 cm³/mol. The van der Waals surface area contributed by atoms with Gasteiger partial charge in [0.15, 0.2) is 5.11 Å². The fourth-order valence-electron chi connectivity index (χ4n) is 3.26. The highest BCUT2D eigenvalue weighted by Crippen LogP contribution is 2.38. The second-order valence-electron chi connectivity index (χ2n) is 6.78. The number of fused-ring (bicyclic) bond motifs is 3. The van der Waals surface area contributed by atoms with Crippen LogP contribution in [-0.4, -0.2) is 28.7 Å².